The Hall–Kier alpha value is -2.65. The van der Waals surface area contributed by atoms with Crippen molar-refractivity contribution in [2.24, 2.45) is 7.05 Å². The molecular formula is C23H26F3N3O2S. The number of hydrogen-bond acceptors (Lipinski definition) is 4. The van der Waals surface area contributed by atoms with Crippen molar-refractivity contribution < 1.29 is 23.1 Å². The second-order valence-electron chi connectivity index (χ2n) is 7.76. The van der Waals surface area contributed by atoms with Crippen LogP contribution in [0.4, 0.5) is 13.2 Å². The summed E-state index contributed by atoms with van der Waals surface area (Å²) < 4.78 is 42.5. The highest BCUT2D eigenvalue weighted by molar-refractivity contribution is 7.10. The molecule has 0 aliphatic heterocycles. The van der Waals surface area contributed by atoms with Crippen molar-refractivity contribution in [3.05, 3.63) is 76.0 Å². The quantitative estimate of drug-likeness (QED) is 0.474. The van der Waals surface area contributed by atoms with Crippen LogP contribution in [0.3, 0.4) is 0 Å². The fourth-order valence-electron chi connectivity index (χ4n) is 3.55. The van der Waals surface area contributed by atoms with Gasteiger partial charge in [0.05, 0.1) is 12.5 Å². The molecule has 2 atom stereocenters. The van der Waals surface area contributed by atoms with Crippen LogP contribution >= 0.6 is 11.3 Å². The Morgan fingerprint density at radius 2 is 1.97 bits per heavy atom. The van der Waals surface area contributed by atoms with Crippen LogP contribution in [0.25, 0.3) is 0 Å². The van der Waals surface area contributed by atoms with Gasteiger partial charge < -0.3 is 15.0 Å². The first kappa shape index (κ1) is 24.0. The van der Waals surface area contributed by atoms with E-state index in [-0.39, 0.29) is 0 Å². The topological polar surface area (TPSA) is 67.2 Å². The molecule has 0 spiro atoms. The molecule has 5 nitrogen and oxygen atoms in total. The average Bonchev–Trinajstić information content (AvgIpc) is 3.42. The van der Waals surface area contributed by atoms with E-state index in [4.69, 9.17) is 0 Å². The van der Waals surface area contributed by atoms with Crippen LogP contribution in [0.2, 0.25) is 0 Å². The van der Waals surface area contributed by atoms with E-state index in [1.54, 1.807) is 0 Å². The predicted molar refractivity (Wildman–Crippen MR) is 117 cm³/mol. The van der Waals surface area contributed by atoms with Crippen LogP contribution in [0.5, 0.6) is 0 Å². The summed E-state index contributed by atoms with van der Waals surface area (Å²) in [4.78, 5) is 17.2. The van der Waals surface area contributed by atoms with Crippen LogP contribution in [0.15, 0.2) is 54.2 Å². The number of unbranched alkanes of at least 4 members (excludes halogenated alkanes) is 1. The summed E-state index contributed by atoms with van der Waals surface area (Å²) in [6.45, 7) is 2.11. The number of carbonyl (C=O) groups is 1. The first-order valence-electron chi connectivity index (χ1n) is 10.3. The number of thiophene rings is 1. The fraction of sp³-hybridized carbons (Fsp3) is 0.391. The number of halogens is 3. The number of amides is 1. The summed E-state index contributed by atoms with van der Waals surface area (Å²) in [5.41, 5.74) is -1.49. The number of rotatable bonds is 9. The van der Waals surface area contributed by atoms with Crippen LogP contribution in [0, 0.1) is 0 Å². The summed E-state index contributed by atoms with van der Waals surface area (Å²) in [5, 5.41) is 15.0. The van der Waals surface area contributed by atoms with Crippen LogP contribution < -0.4 is 5.32 Å². The molecule has 2 aromatic heterocycles. The molecule has 2 unspecified atom stereocenters. The lowest BCUT2D eigenvalue weighted by Gasteiger charge is -2.30. The molecule has 0 aliphatic carbocycles. The highest BCUT2D eigenvalue weighted by Gasteiger charge is 2.58. The Kier molecular flexibility index (Phi) is 7.40. The van der Waals surface area contributed by atoms with E-state index >= 15 is 0 Å². The molecule has 172 valence electrons. The Bertz CT molecular complexity index is 1020. The van der Waals surface area contributed by atoms with E-state index in [9.17, 15) is 23.1 Å². The molecule has 0 aliphatic rings. The van der Waals surface area contributed by atoms with Gasteiger partial charge in [0.2, 0.25) is 11.5 Å². The summed E-state index contributed by atoms with van der Waals surface area (Å²) in [5.74, 6) is -1.56. The van der Waals surface area contributed by atoms with Gasteiger partial charge in [-0.05, 0) is 35.4 Å². The number of aliphatic hydroxyl groups is 1. The minimum Gasteiger partial charge on any atom is -0.374 e. The number of imidazole rings is 1. The first-order chi connectivity index (χ1) is 15.2. The summed E-state index contributed by atoms with van der Waals surface area (Å²) in [6.07, 6.45) is -0.756. The maximum Gasteiger partial charge on any atom is 0.425 e. The Morgan fingerprint density at radius 3 is 2.50 bits per heavy atom. The van der Waals surface area contributed by atoms with E-state index in [1.165, 1.54) is 24.6 Å². The Labute approximate surface area is 188 Å². The van der Waals surface area contributed by atoms with Crippen molar-refractivity contribution in [3.8, 4) is 0 Å². The monoisotopic (exact) mass is 465 g/mol. The molecule has 1 aromatic carbocycles. The number of carbonyl (C=O) groups excluding carboxylic acids is 1. The lowest BCUT2D eigenvalue weighted by molar-refractivity contribution is -0.271. The maximum absolute atomic E-state index is 13.8. The Balaban J connectivity index is 1.85. The number of nitrogens with one attached hydrogen (secondary N) is 1. The SMILES string of the molecule is CCCCc1ccc(C(NC(=O)CC(O)(c2nccn2C)C(F)(F)F)c2cccs2)cc1. The largest absolute Gasteiger partial charge is 0.425 e. The van der Waals surface area contributed by atoms with E-state index < -0.39 is 36.0 Å². The number of alkyl halides is 3. The smallest absolute Gasteiger partial charge is 0.374 e. The van der Waals surface area contributed by atoms with Crippen LogP contribution in [-0.2, 0) is 23.9 Å². The van der Waals surface area contributed by atoms with Crippen molar-refractivity contribution in [2.45, 2.75) is 50.4 Å². The van der Waals surface area contributed by atoms with Gasteiger partial charge in [-0.25, -0.2) is 4.98 Å². The maximum atomic E-state index is 13.8. The lowest BCUT2D eigenvalue weighted by atomic mass is 9.96. The molecule has 2 N–H and O–H groups in total. The molecule has 3 rings (SSSR count). The number of nitrogens with zero attached hydrogens (tertiary/aromatic N) is 2. The minimum atomic E-state index is -5.08. The highest BCUT2D eigenvalue weighted by Crippen LogP contribution is 2.41. The normalized spacial score (nSPS) is 14.7. The van der Waals surface area contributed by atoms with E-state index in [0.29, 0.717) is 0 Å². The molecule has 1 amide bonds. The molecule has 0 bridgehead atoms. The van der Waals surface area contributed by atoms with Gasteiger partial charge in [0.25, 0.3) is 0 Å². The van der Waals surface area contributed by atoms with Gasteiger partial charge in [-0.1, -0.05) is 43.7 Å². The van der Waals surface area contributed by atoms with E-state index in [1.807, 2.05) is 41.8 Å². The zero-order valence-corrected chi connectivity index (χ0v) is 18.7. The molecule has 3 aromatic rings. The third-order valence-electron chi connectivity index (χ3n) is 5.34. The number of aryl methyl sites for hydroxylation is 2. The molecule has 9 heteroatoms. The third-order valence-corrected chi connectivity index (χ3v) is 6.28. The molecule has 2 heterocycles. The van der Waals surface area contributed by atoms with Crippen molar-refractivity contribution in [2.75, 3.05) is 0 Å². The van der Waals surface area contributed by atoms with Gasteiger partial charge in [0.1, 0.15) is 0 Å². The van der Waals surface area contributed by atoms with Gasteiger partial charge in [0.15, 0.2) is 5.82 Å². The highest BCUT2D eigenvalue weighted by atomic mass is 32.1. The van der Waals surface area contributed by atoms with Crippen LogP contribution in [-0.4, -0.2) is 26.7 Å². The van der Waals surface area contributed by atoms with Gasteiger partial charge in [-0.2, -0.15) is 13.2 Å². The summed E-state index contributed by atoms with van der Waals surface area (Å²) in [6, 6.07) is 10.7. The lowest BCUT2D eigenvalue weighted by Crippen LogP contribution is -2.48. The Morgan fingerprint density at radius 1 is 1.25 bits per heavy atom. The zero-order chi connectivity index (χ0) is 23.4. The fourth-order valence-corrected chi connectivity index (χ4v) is 4.35. The number of benzene rings is 1. The van der Waals surface area contributed by atoms with Crippen molar-refractivity contribution in [3.63, 3.8) is 0 Å². The van der Waals surface area contributed by atoms with Crippen LogP contribution in [0.1, 0.15) is 54.1 Å². The predicted octanol–water partition coefficient (Wildman–Crippen LogP) is 4.87. The summed E-state index contributed by atoms with van der Waals surface area (Å²) in [7, 11) is 1.34. The molecule has 32 heavy (non-hydrogen) atoms. The molecule has 0 saturated heterocycles. The zero-order valence-electron chi connectivity index (χ0n) is 17.9. The van der Waals surface area contributed by atoms with Gasteiger partial charge in [-0.15, -0.1) is 11.3 Å². The van der Waals surface area contributed by atoms with Gasteiger partial charge in [-0.3, -0.25) is 4.79 Å². The van der Waals surface area contributed by atoms with Crippen molar-refractivity contribution in [1.29, 1.82) is 0 Å². The minimum absolute atomic E-state index is 0.624. The molecule has 0 saturated carbocycles. The molecule has 0 fully saturated rings. The van der Waals surface area contributed by atoms with E-state index in [0.717, 1.165) is 46.0 Å². The second kappa shape index (κ2) is 9.87. The number of hydrogen-bond donors (Lipinski definition) is 2. The standard InChI is InChI=1S/C23H26F3N3O2S/c1-3-4-6-16-8-10-17(11-9-16)20(18-7-5-14-32-18)28-19(30)15-22(31,23(24,25)26)21-27-12-13-29(21)2/h5,7-14,20,31H,3-4,6,15H2,1-2H3,(H,28,30). The molecular weight excluding hydrogens is 439 g/mol. The van der Waals surface area contributed by atoms with Gasteiger partial charge in [0, 0.05) is 24.3 Å². The third kappa shape index (κ3) is 5.21. The second-order valence-corrected chi connectivity index (χ2v) is 8.74. The molecule has 0 radical (unpaired) electrons. The average molecular weight is 466 g/mol. The van der Waals surface area contributed by atoms with Crippen molar-refractivity contribution in [1.82, 2.24) is 14.9 Å². The van der Waals surface area contributed by atoms with Gasteiger partial charge >= 0.3 is 6.18 Å². The first-order valence-corrected chi connectivity index (χ1v) is 11.2. The number of aromatic nitrogens is 2. The van der Waals surface area contributed by atoms with Crippen molar-refractivity contribution >= 4 is 17.2 Å². The van der Waals surface area contributed by atoms with E-state index in [2.05, 4.69) is 17.2 Å². The summed E-state index contributed by atoms with van der Waals surface area (Å²) >= 11 is 1.39.